The zero-order chi connectivity index (χ0) is 13.8. The number of thiophene rings is 1. The van der Waals surface area contributed by atoms with Gasteiger partial charge in [-0.3, -0.25) is 0 Å². The Morgan fingerprint density at radius 2 is 2.11 bits per heavy atom. The summed E-state index contributed by atoms with van der Waals surface area (Å²) in [6.07, 6.45) is 0.423. The zero-order valence-electron chi connectivity index (χ0n) is 10.4. The number of halogens is 3. The Balaban J connectivity index is 2.27. The van der Waals surface area contributed by atoms with E-state index in [1.165, 1.54) is 0 Å². The van der Waals surface area contributed by atoms with Gasteiger partial charge < -0.3 is 5.32 Å². The van der Waals surface area contributed by atoms with Crippen molar-refractivity contribution in [2.24, 2.45) is 0 Å². The summed E-state index contributed by atoms with van der Waals surface area (Å²) in [4.78, 5) is 0. The Kier molecular flexibility index (Phi) is 5.07. The Morgan fingerprint density at radius 3 is 2.74 bits per heavy atom. The van der Waals surface area contributed by atoms with E-state index < -0.39 is 11.6 Å². The number of rotatable bonds is 5. The standard InChI is InChI=1S/C14H14BrF2NS/c1-2-18-13(10-7-19-8-11(10)15)6-9-4-3-5-12(16)14(9)17/h3-5,7-8,13,18H,2,6H2,1H3. The van der Waals surface area contributed by atoms with E-state index in [1.54, 1.807) is 23.5 Å². The third-order valence-electron chi connectivity index (χ3n) is 2.92. The Morgan fingerprint density at radius 1 is 1.32 bits per heavy atom. The third kappa shape index (κ3) is 3.41. The third-order valence-corrected chi connectivity index (χ3v) is 4.68. The molecule has 0 aliphatic rings. The van der Waals surface area contributed by atoms with E-state index in [9.17, 15) is 8.78 Å². The Bertz CT molecular complexity index is 556. The van der Waals surface area contributed by atoms with Crippen LogP contribution in [0.3, 0.4) is 0 Å². The van der Waals surface area contributed by atoms with Gasteiger partial charge in [-0.1, -0.05) is 19.1 Å². The van der Waals surface area contributed by atoms with E-state index in [0.717, 1.165) is 22.6 Å². The molecule has 0 bridgehead atoms. The normalized spacial score (nSPS) is 12.6. The van der Waals surface area contributed by atoms with Crippen LogP contribution in [0.1, 0.15) is 24.1 Å². The second-order valence-electron chi connectivity index (χ2n) is 4.20. The molecule has 0 spiro atoms. The quantitative estimate of drug-likeness (QED) is 0.829. The van der Waals surface area contributed by atoms with Gasteiger partial charge in [0.1, 0.15) is 0 Å². The van der Waals surface area contributed by atoms with Crippen molar-refractivity contribution in [3.05, 3.63) is 56.2 Å². The highest BCUT2D eigenvalue weighted by Gasteiger charge is 2.18. The lowest BCUT2D eigenvalue weighted by Gasteiger charge is -2.18. The molecular weight excluding hydrogens is 332 g/mol. The van der Waals surface area contributed by atoms with Gasteiger partial charge in [0.25, 0.3) is 0 Å². The van der Waals surface area contributed by atoms with Crippen LogP contribution in [0.25, 0.3) is 0 Å². The molecular formula is C14H14BrF2NS. The first kappa shape index (κ1) is 14.6. The average molecular weight is 346 g/mol. The molecule has 1 nitrogen and oxygen atoms in total. The van der Waals surface area contributed by atoms with Gasteiger partial charge in [0.15, 0.2) is 11.6 Å². The van der Waals surface area contributed by atoms with Crippen LogP contribution in [0.2, 0.25) is 0 Å². The SMILES string of the molecule is CCNC(Cc1cccc(F)c1F)c1cscc1Br. The highest BCUT2D eigenvalue weighted by atomic mass is 79.9. The van der Waals surface area contributed by atoms with Crippen molar-refractivity contribution in [2.45, 2.75) is 19.4 Å². The molecule has 1 aromatic carbocycles. The van der Waals surface area contributed by atoms with Crippen molar-refractivity contribution >= 4 is 27.3 Å². The average Bonchev–Trinajstić information content (AvgIpc) is 2.80. The van der Waals surface area contributed by atoms with Crippen molar-refractivity contribution in [3.8, 4) is 0 Å². The summed E-state index contributed by atoms with van der Waals surface area (Å²) in [7, 11) is 0. The van der Waals surface area contributed by atoms with Crippen molar-refractivity contribution in [1.29, 1.82) is 0 Å². The fourth-order valence-corrected chi connectivity index (χ4v) is 3.63. The molecule has 0 saturated heterocycles. The maximum absolute atomic E-state index is 13.7. The van der Waals surface area contributed by atoms with Crippen molar-refractivity contribution in [3.63, 3.8) is 0 Å². The number of hydrogen-bond acceptors (Lipinski definition) is 2. The molecule has 0 saturated carbocycles. The minimum absolute atomic E-state index is 0.0260. The molecule has 0 aliphatic carbocycles. The highest BCUT2D eigenvalue weighted by molar-refractivity contribution is 9.10. The van der Waals surface area contributed by atoms with Gasteiger partial charge in [0.05, 0.1) is 0 Å². The molecule has 2 rings (SSSR count). The van der Waals surface area contributed by atoms with Gasteiger partial charge >= 0.3 is 0 Å². The van der Waals surface area contributed by atoms with Crippen molar-refractivity contribution in [2.75, 3.05) is 6.54 Å². The van der Waals surface area contributed by atoms with Gasteiger partial charge in [-0.25, -0.2) is 8.78 Å². The maximum atomic E-state index is 13.7. The number of likely N-dealkylation sites (N-methyl/N-ethyl adjacent to an activating group) is 1. The molecule has 1 aromatic heterocycles. The smallest absolute Gasteiger partial charge is 0.162 e. The van der Waals surface area contributed by atoms with E-state index in [2.05, 4.69) is 21.2 Å². The lowest BCUT2D eigenvalue weighted by atomic mass is 10.0. The molecule has 2 aromatic rings. The predicted molar refractivity (Wildman–Crippen MR) is 78.5 cm³/mol. The highest BCUT2D eigenvalue weighted by Crippen LogP contribution is 2.30. The molecule has 1 heterocycles. The summed E-state index contributed by atoms with van der Waals surface area (Å²) in [6.45, 7) is 2.76. The molecule has 1 atom stereocenters. The first-order valence-corrected chi connectivity index (χ1v) is 7.75. The van der Waals surface area contributed by atoms with Crippen LogP contribution in [0.4, 0.5) is 8.78 Å². The van der Waals surface area contributed by atoms with Gasteiger partial charge in [0.2, 0.25) is 0 Å². The van der Waals surface area contributed by atoms with Crippen molar-refractivity contribution in [1.82, 2.24) is 5.32 Å². The lowest BCUT2D eigenvalue weighted by Crippen LogP contribution is -2.23. The van der Waals surface area contributed by atoms with Crippen LogP contribution in [0.15, 0.2) is 33.4 Å². The predicted octanol–water partition coefficient (Wildman–Crippen LogP) is 4.68. The number of hydrogen-bond donors (Lipinski definition) is 1. The molecule has 0 amide bonds. The molecule has 19 heavy (non-hydrogen) atoms. The van der Waals surface area contributed by atoms with Crippen LogP contribution in [-0.4, -0.2) is 6.54 Å². The fourth-order valence-electron chi connectivity index (χ4n) is 2.00. The molecule has 1 N–H and O–H groups in total. The maximum Gasteiger partial charge on any atom is 0.162 e. The topological polar surface area (TPSA) is 12.0 Å². The lowest BCUT2D eigenvalue weighted by molar-refractivity contribution is 0.481. The Labute approximate surface area is 123 Å². The van der Waals surface area contributed by atoms with Gasteiger partial charge in [0, 0.05) is 15.9 Å². The van der Waals surface area contributed by atoms with E-state index in [-0.39, 0.29) is 6.04 Å². The van der Waals surface area contributed by atoms with Gasteiger partial charge in [-0.05, 0) is 51.5 Å². The summed E-state index contributed by atoms with van der Waals surface area (Å²) >= 11 is 5.07. The van der Waals surface area contributed by atoms with Crippen LogP contribution < -0.4 is 5.32 Å². The summed E-state index contributed by atoms with van der Waals surface area (Å²) in [6, 6.07) is 4.28. The summed E-state index contributed by atoms with van der Waals surface area (Å²) < 4.78 is 28.0. The van der Waals surface area contributed by atoms with E-state index in [4.69, 9.17) is 0 Å². The molecule has 0 fully saturated rings. The largest absolute Gasteiger partial charge is 0.310 e. The number of benzene rings is 1. The van der Waals surface area contributed by atoms with E-state index in [0.29, 0.717) is 12.0 Å². The number of nitrogens with one attached hydrogen (secondary N) is 1. The van der Waals surface area contributed by atoms with Crippen LogP contribution in [0.5, 0.6) is 0 Å². The minimum Gasteiger partial charge on any atom is -0.310 e. The van der Waals surface area contributed by atoms with Gasteiger partial charge in [-0.15, -0.1) is 0 Å². The molecule has 102 valence electrons. The Hall–Kier alpha value is -0.780. The monoisotopic (exact) mass is 345 g/mol. The van der Waals surface area contributed by atoms with Gasteiger partial charge in [-0.2, -0.15) is 11.3 Å². The molecule has 5 heteroatoms. The van der Waals surface area contributed by atoms with E-state index >= 15 is 0 Å². The molecule has 0 radical (unpaired) electrons. The summed E-state index contributed by atoms with van der Waals surface area (Å²) in [5.41, 5.74) is 1.47. The zero-order valence-corrected chi connectivity index (χ0v) is 12.8. The second kappa shape index (κ2) is 6.59. The molecule has 1 unspecified atom stereocenters. The minimum atomic E-state index is -0.794. The van der Waals surface area contributed by atoms with Crippen LogP contribution in [-0.2, 0) is 6.42 Å². The van der Waals surface area contributed by atoms with E-state index in [1.807, 2.05) is 17.7 Å². The van der Waals surface area contributed by atoms with Crippen LogP contribution in [0, 0.1) is 11.6 Å². The van der Waals surface area contributed by atoms with Crippen molar-refractivity contribution < 1.29 is 8.78 Å². The fraction of sp³-hybridized carbons (Fsp3) is 0.286. The molecule has 0 aliphatic heterocycles. The summed E-state index contributed by atoms with van der Waals surface area (Å²) in [5.74, 6) is -1.55. The first-order valence-electron chi connectivity index (χ1n) is 6.01. The second-order valence-corrected chi connectivity index (χ2v) is 5.80. The first-order chi connectivity index (χ1) is 9.13. The summed E-state index contributed by atoms with van der Waals surface area (Å²) in [5, 5.41) is 7.32. The van der Waals surface area contributed by atoms with Crippen LogP contribution >= 0.6 is 27.3 Å².